The van der Waals surface area contributed by atoms with E-state index in [0.717, 1.165) is 49.8 Å². The zero-order valence-electron chi connectivity index (χ0n) is 24.0. The minimum absolute atomic E-state index is 0.00372. The summed E-state index contributed by atoms with van der Waals surface area (Å²) >= 11 is 0. The molecule has 4 heterocycles. The second-order valence-electron chi connectivity index (χ2n) is 11.7. The minimum atomic E-state index is -0.00372. The number of fused-ring (bicyclic) bond motifs is 4. The van der Waals surface area contributed by atoms with Gasteiger partial charge in [-0.1, -0.05) is 39.0 Å². The Hall–Kier alpha value is -5.41. The smallest absolute Gasteiger partial charge is 0.191 e. The van der Waals surface area contributed by atoms with E-state index in [9.17, 15) is 0 Å². The third-order valence-electron chi connectivity index (χ3n) is 7.81. The van der Waals surface area contributed by atoms with Gasteiger partial charge in [-0.05, 0) is 77.2 Å². The van der Waals surface area contributed by atoms with E-state index in [1.165, 1.54) is 5.56 Å². The first-order valence-corrected chi connectivity index (χ1v) is 13.9. The molecular formula is C36H29N5O. The normalized spacial score (nSPS) is 11.8. The lowest BCUT2D eigenvalue weighted by atomic mass is 9.88. The molecule has 6 nitrogen and oxygen atoms in total. The van der Waals surface area contributed by atoms with Gasteiger partial charge in [0, 0.05) is 41.7 Å². The number of aryl methyl sites for hydroxylation is 1. The lowest BCUT2D eigenvalue weighted by molar-refractivity contribution is 0.484. The number of ether oxygens (including phenoxy) is 1. The van der Waals surface area contributed by atoms with Gasteiger partial charge in [0.25, 0.3) is 0 Å². The van der Waals surface area contributed by atoms with E-state index in [1.807, 2.05) is 54.5 Å². The van der Waals surface area contributed by atoms with Crippen molar-refractivity contribution in [3.05, 3.63) is 121 Å². The van der Waals surface area contributed by atoms with E-state index in [4.69, 9.17) is 16.3 Å². The van der Waals surface area contributed by atoms with Crippen molar-refractivity contribution in [3.63, 3.8) is 0 Å². The Labute approximate surface area is 244 Å². The highest BCUT2D eigenvalue weighted by atomic mass is 16.5. The van der Waals surface area contributed by atoms with Crippen molar-refractivity contribution in [2.75, 3.05) is 0 Å². The standard InChI is InChI=1S/C36H29N5O/c1-36(2,3)25-12-14-38-35(19-25)41-32-9-7-6-8-29(32)30-11-10-27(21-33(30)41)42-28-17-24(16-26(20-28)37-4)31-18-23-13-15-40(5)34(23)22-39-31/h6-22H,1-3,5H3. The molecule has 0 bridgehead atoms. The Morgan fingerprint density at radius 3 is 2.45 bits per heavy atom. The van der Waals surface area contributed by atoms with Crippen molar-refractivity contribution in [3.8, 4) is 28.6 Å². The van der Waals surface area contributed by atoms with Gasteiger partial charge in [-0.2, -0.15) is 0 Å². The van der Waals surface area contributed by atoms with Crippen LogP contribution in [0, 0.1) is 6.57 Å². The van der Waals surface area contributed by atoms with Crippen molar-refractivity contribution >= 4 is 38.4 Å². The second kappa shape index (κ2) is 9.60. The van der Waals surface area contributed by atoms with Gasteiger partial charge in [-0.3, -0.25) is 9.55 Å². The van der Waals surface area contributed by atoms with Crippen LogP contribution in [0.15, 0.2) is 104 Å². The fourth-order valence-electron chi connectivity index (χ4n) is 5.58. The van der Waals surface area contributed by atoms with Gasteiger partial charge in [0.1, 0.15) is 17.3 Å². The summed E-state index contributed by atoms with van der Waals surface area (Å²) in [5, 5.41) is 3.37. The van der Waals surface area contributed by atoms with Crippen molar-refractivity contribution in [2.24, 2.45) is 7.05 Å². The van der Waals surface area contributed by atoms with E-state index in [0.29, 0.717) is 17.2 Å². The Balaban J connectivity index is 1.34. The molecule has 7 aromatic rings. The fourth-order valence-corrected chi connectivity index (χ4v) is 5.58. The lowest BCUT2D eigenvalue weighted by Crippen LogP contribution is -2.12. The molecule has 0 saturated carbocycles. The Kier molecular flexibility index (Phi) is 5.84. The van der Waals surface area contributed by atoms with Crippen molar-refractivity contribution in [1.29, 1.82) is 0 Å². The predicted molar refractivity (Wildman–Crippen MR) is 170 cm³/mol. The van der Waals surface area contributed by atoms with Crippen LogP contribution in [0.5, 0.6) is 11.5 Å². The molecule has 42 heavy (non-hydrogen) atoms. The van der Waals surface area contributed by atoms with Crippen LogP contribution in [0.3, 0.4) is 0 Å². The Morgan fingerprint density at radius 1 is 0.786 bits per heavy atom. The third kappa shape index (κ3) is 4.36. The highest BCUT2D eigenvalue weighted by Gasteiger charge is 2.18. The molecule has 4 aromatic heterocycles. The summed E-state index contributed by atoms with van der Waals surface area (Å²) < 4.78 is 10.7. The zero-order chi connectivity index (χ0) is 29.0. The minimum Gasteiger partial charge on any atom is -0.459 e. The van der Waals surface area contributed by atoms with Gasteiger partial charge in [0.2, 0.25) is 0 Å². The zero-order valence-corrected chi connectivity index (χ0v) is 24.0. The number of para-hydroxylation sites is 1. The highest BCUT2D eigenvalue weighted by Crippen LogP contribution is 2.37. The molecule has 7 rings (SSSR count). The number of benzene rings is 3. The first-order valence-electron chi connectivity index (χ1n) is 13.9. The van der Waals surface area contributed by atoms with Crippen LogP contribution in [0.25, 0.3) is 54.6 Å². The summed E-state index contributed by atoms with van der Waals surface area (Å²) in [5.41, 5.74) is 6.49. The SMILES string of the molecule is [C-]#[N+]c1cc(Oc2ccc3c4ccccc4n(-c4cc(C(C)(C)C)ccn4)c3c2)cc(-c2cc3ccn(C)c3cn2)c1. The number of hydrogen-bond acceptors (Lipinski definition) is 3. The molecule has 0 spiro atoms. The molecule has 0 unspecified atom stereocenters. The predicted octanol–water partition coefficient (Wildman–Crippen LogP) is 9.37. The van der Waals surface area contributed by atoms with Crippen molar-refractivity contribution < 1.29 is 4.74 Å². The van der Waals surface area contributed by atoms with Crippen LogP contribution in [0.4, 0.5) is 5.69 Å². The van der Waals surface area contributed by atoms with Gasteiger partial charge < -0.3 is 9.30 Å². The fraction of sp³-hybridized carbons (Fsp3) is 0.139. The monoisotopic (exact) mass is 547 g/mol. The number of hydrogen-bond donors (Lipinski definition) is 0. The maximum Gasteiger partial charge on any atom is 0.191 e. The number of rotatable bonds is 4. The second-order valence-corrected chi connectivity index (χ2v) is 11.7. The van der Waals surface area contributed by atoms with E-state index in [2.05, 4.69) is 89.8 Å². The molecule has 0 saturated heterocycles. The van der Waals surface area contributed by atoms with Gasteiger partial charge in [0.05, 0.1) is 35.0 Å². The largest absolute Gasteiger partial charge is 0.459 e. The van der Waals surface area contributed by atoms with E-state index >= 15 is 0 Å². The summed E-state index contributed by atoms with van der Waals surface area (Å²) in [6, 6.07) is 28.5. The number of pyridine rings is 2. The first-order chi connectivity index (χ1) is 20.3. The molecule has 0 N–H and O–H groups in total. The molecule has 0 fully saturated rings. The summed E-state index contributed by atoms with van der Waals surface area (Å²) in [6.45, 7) is 14.3. The maximum absolute atomic E-state index is 7.70. The molecule has 204 valence electrons. The number of aromatic nitrogens is 4. The average molecular weight is 548 g/mol. The Morgan fingerprint density at radius 2 is 1.62 bits per heavy atom. The molecule has 0 atom stereocenters. The van der Waals surface area contributed by atoms with Crippen LogP contribution >= 0.6 is 0 Å². The van der Waals surface area contributed by atoms with Crippen molar-refractivity contribution in [1.82, 2.24) is 19.1 Å². The Bertz CT molecular complexity index is 2190. The summed E-state index contributed by atoms with van der Waals surface area (Å²) in [7, 11) is 2.00. The quantitative estimate of drug-likeness (QED) is 0.206. The molecule has 0 aliphatic rings. The van der Waals surface area contributed by atoms with Crippen molar-refractivity contribution in [2.45, 2.75) is 26.2 Å². The van der Waals surface area contributed by atoms with Crippen LogP contribution in [-0.4, -0.2) is 19.1 Å². The van der Waals surface area contributed by atoms with Crippen LogP contribution < -0.4 is 4.74 Å². The van der Waals surface area contributed by atoms with Crippen LogP contribution in [0.2, 0.25) is 0 Å². The molecule has 0 amide bonds. The molecule has 3 aromatic carbocycles. The third-order valence-corrected chi connectivity index (χ3v) is 7.81. The molecule has 0 radical (unpaired) electrons. The van der Waals surface area contributed by atoms with E-state index in [-0.39, 0.29) is 5.41 Å². The van der Waals surface area contributed by atoms with Crippen LogP contribution in [-0.2, 0) is 12.5 Å². The van der Waals surface area contributed by atoms with E-state index < -0.39 is 0 Å². The summed E-state index contributed by atoms with van der Waals surface area (Å²) in [5.74, 6) is 2.13. The first kappa shape index (κ1) is 25.6. The highest BCUT2D eigenvalue weighted by molar-refractivity contribution is 6.09. The summed E-state index contributed by atoms with van der Waals surface area (Å²) in [4.78, 5) is 13.2. The average Bonchev–Trinajstić information content (AvgIpc) is 3.53. The van der Waals surface area contributed by atoms with Gasteiger partial charge in [0.15, 0.2) is 5.69 Å². The number of nitrogens with zero attached hydrogens (tertiary/aromatic N) is 5. The van der Waals surface area contributed by atoms with Crippen LogP contribution in [0.1, 0.15) is 26.3 Å². The van der Waals surface area contributed by atoms with Gasteiger partial charge in [-0.25, -0.2) is 9.83 Å². The lowest BCUT2D eigenvalue weighted by Gasteiger charge is -2.20. The van der Waals surface area contributed by atoms with Gasteiger partial charge >= 0.3 is 0 Å². The van der Waals surface area contributed by atoms with E-state index in [1.54, 1.807) is 6.07 Å². The summed E-state index contributed by atoms with van der Waals surface area (Å²) in [6.07, 6.45) is 5.77. The van der Waals surface area contributed by atoms with Gasteiger partial charge in [-0.15, -0.1) is 0 Å². The molecule has 6 heteroatoms. The maximum atomic E-state index is 7.70. The molecular weight excluding hydrogens is 518 g/mol. The molecule has 0 aliphatic carbocycles. The topological polar surface area (TPSA) is 49.2 Å². The molecule has 0 aliphatic heterocycles.